The standard InChI is InChI=1S/C24H18N6O6/c31-28(32)19-10-4-16(5-11-19)25-22-2-1-3-23(26-17-6-12-20(13-7-17)29(33)34)24(22)27-18-8-14-21(15-9-18)30(35)36/h1-15,25-27H. The molecule has 0 atom stereocenters. The van der Waals surface area contributed by atoms with Crippen molar-refractivity contribution < 1.29 is 14.8 Å². The van der Waals surface area contributed by atoms with Gasteiger partial charge in [-0.15, -0.1) is 0 Å². The zero-order valence-electron chi connectivity index (χ0n) is 18.5. The van der Waals surface area contributed by atoms with Gasteiger partial charge in [-0.1, -0.05) is 6.07 Å². The van der Waals surface area contributed by atoms with Gasteiger partial charge in [0.05, 0.1) is 31.8 Å². The number of rotatable bonds is 9. The number of non-ortho nitro benzene ring substituents is 3. The average molecular weight is 486 g/mol. The van der Waals surface area contributed by atoms with Crippen LogP contribution in [0.15, 0.2) is 91.0 Å². The van der Waals surface area contributed by atoms with E-state index in [9.17, 15) is 30.3 Å². The first-order chi connectivity index (χ1) is 17.3. The summed E-state index contributed by atoms with van der Waals surface area (Å²) in [5, 5.41) is 42.6. The van der Waals surface area contributed by atoms with E-state index in [-0.39, 0.29) is 17.1 Å². The summed E-state index contributed by atoms with van der Waals surface area (Å²) in [6.07, 6.45) is 0. The van der Waals surface area contributed by atoms with Gasteiger partial charge in [0.25, 0.3) is 17.1 Å². The van der Waals surface area contributed by atoms with Gasteiger partial charge in [0.2, 0.25) is 0 Å². The number of para-hydroxylation sites is 1. The van der Waals surface area contributed by atoms with E-state index in [0.29, 0.717) is 34.1 Å². The lowest BCUT2D eigenvalue weighted by molar-refractivity contribution is -0.385. The summed E-state index contributed by atoms with van der Waals surface area (Å²) in [4.78, 5) is 31.5. The van der Waals surface area contributed by atoms with Gasteiger partial charge in [0, 0.05) is 53.5 Å². The molecule has 12 heteroatoms. The molecule has 3 N–H and O–H groups in total. The molecule has 180 valence electrons. The highest BCUT2D eigenvalue weighted by Crippen LogP contribution is 2.37. The quantitative estimate of drug-likeness (QED) is 0.173. The van der Waals surface area contributed by atoms with Crippen molar-refractivity contribution in [3.8, 4) is 0 Å². The minimum atomic E-state index is -0.491. The molecule has 4 aromatic carbocycles. The summed E-state index contributed by atoms with van der Waals surface area (Å²) in [6, 6.07) is 23.0. The average Bonchev–Trinajstić information content (AvgIpc) is 2.87. The Morgan fingerprint density at radius 2 is 0.750 bits per heavy atom. The summed E-state index contributed by atoms with van der Waals surface area (Å²) in [5.41, 5.74) is 3.41. The molecule has 0 fully saturated rings. The second-order valence-corrected chi connectivity index (χ2v) is 7.52. The Kier molecular flexibility index (Phi) is 6.68. The van der Waals surface area contributed by atoms with Crippen LogP contribution in [0.1, 0.15) is 0 Å². The van der Waals surface area contributed by atoms with Crippen molar-refractivity contribution in [2.24, 2.45) is 0 Å². The van der Waals surface area contributed by atoms with Crippen molar-refractivity contribution in [1.29, 1.82) is 0 Å². The van der Waals surface area contributed by atoms with Crippen LogP contribution in [0, 0.1) is 30.3 Å². The van der Waals surface area contributed by atoms with E-state index in [1.54, 1.807) is 54.6 Å². The second-order valence-electron chi connectivity index (χ2n) is 7.52. The first-order valence-corrected chi connectivity index (χ1v) is 10.5. The Balaban J connectivity index is 1.69. The molecule has 0 saturated carbocycles. The van der Waals surface area contributed by atoms with Crippen molar-refractivity contribution in [2.75, 3.05) is 16.0 Å². The van der Waals surface area contributed by atoms with E-state index < -0.39 is 14.8 Å². The van der Waals surface area contributed by atoms with E-state index in [1.807, 2.05) is 0 Å². The number of nitrogens with one attached hydrogen (secondary N) is 3. The van der Waals surface area contributed by atoms with E-state index in [4.69, 9.17) is 0 Å². The summed E-state index contributed by atoms with van der Waals surface area (Å²) >= 11 is 0. The molecule has 4 aromatic rings. The summed E-state index contributed by atoms with van der Waals surface area (Å²) in [6.45, 7) is 0. The number of anilines is 6. The number of nitro groups is 3. The number of benzene rings is 4. The molecule has 0 spiro atoms. The zero-order chi connectivity index (χ0) is 25.7. The molecular formula is C24H18N6O6. The van der Waals surface area contributed by atoms with Crippen LogP contribution in [0.5, 0.6) is 0 Å². The van der Waals surface area contributed by atoms with Gasteiger partial charge in [-0.05, 0) is 48.5 Å². The molecule has 12 nitrogen and oxygen atoms in total. The summed E-state index contributed by atoms with van der Waals surface area (Å²) < 4.78 is 0. The highest BCUT2D eigenvalue weighted by atomic mass is 16.6. The van der Waals surface area contributed by atoms with Crippen LogP contribution in [0.25, 0.3) is 0 Å². The third-order valence-corrected chi connectivity index (χ3v) is 5.13. The minimum absolute atomic E-state index is 0.0432. The Hall–Kier alpha value is -5.52. The Bertz CT molecular complexity index is 1350. The zero-order valence-corrected chi connectivity index (χ0v) is 18.5. The van der Waals surface area contributed by atoms with Crippen molar-refractivity contribution >= 4 is 51.2 Å². The van der Waals surface area contributed by atoms with Crippen molar-refractivity contribution in [1.82, 2.24) is 0 Å². The molecule has 0 radical (unpaired) electrons. The van der Waals surface area contributed by atoms with E-state index in [1.165, 1.54) is 36.4 Å². The van der Waals surface area contributed by atoms with Crippen LogP contribution in [0.4, 0.5) is 51.2 Å². The molecule has 0 unspecified atom stereocenters. The van der Waals surface area contributed by atoms with Crippen LogP contribution < -0.4 is 16.0 Å². The lowest BCUT2D eigenvalue weighted by Crippen LogP contribution is -2.02. The summed E-state index contributed by atoms with van der Waals surface area (Å²) in [5.74, 6) is 0. The van der Waals surface area contributed by atoms with E-state index >= 15 is 0 Å². The number of nitro benzene ring substituents is 3. The summed E-state index contributed by atoms with van der Waals surface area (Å²) in [7, 11) is 0. The first kappa shape index (κ1) is 23.6. The molecule has 4 rings (SSSR count). The van der Waals surface area contributed by atoms with E-state index in [2.05, 4.69) is 16.0 Å². The molecule has 0 amide bonds. The largest absolute Gasteiger partial charge is 0.354 e. The Morgan fingerprint density at radius 3 is 1.06 bits per heavy atom. The fourth-order valence-electron chi connectivity index (χ4n) is 3.35. The molecule has 0 saturated heterocycles. The lowest BCUT2D eigenvalue weighted by Gasteiger charge is -2.19. The van der Waals surface area contributed by atoms with Gasteiger partial charge in [0.1, 0.15) is 0 Å². The van der Waals surface area contributed by atoms with Gasteiger partial charge in [-0.25, -0.2) is 0 Å². The molecule has 0 aromatic heterocycles. The van der Waals surface area contributed by atoms with Crippen molar-refractivity contribution in [3.05, 3.63) is 121 Å². The SMILES string of the molecule is O=[N+]([O-])c1ccc(Nc2cccc(Nc3ccc([N+](=O)[O-])cc3)c2Nc2ccc([N+](=O)[O-])cc2)cc1. The maximum Gasteiger partial charge on any atom is 0.269 e. The van der Waals surface area contributed by atoms with Crippen LogP contribution in [-0.4, -0.2) is 14.8 Å². The van der Waals surface area contributed by atoms with Crippen LogP contribution >= 0.6 is 0 Å². The van der Waals surface area contributed by atoms with Gasteiger partial charge in [-0.2, -0.15) is 0 Å². The monoisotopic (exact) mass is 486 g/mol. The molecule has 0 aliphatic heterocycles. The molecule has 36 heavy (non-hydrogen) atoms. The first-order valence-electron chi connectivity index (χ1n) is 10.5. The number of hydrogen-bond donors (Lipinski definition) is 3. The third kappa shape index (κ3) is 5.51. The van der Waals surface area contributed by atoms with Gasteiger partial charge in [0.15, 0.2) is 0 Å². The Morgan fingerprint density at radius 1 is 0.444 bits per heavy atom. The molecule has 0 bridgehead atoms. The predicted octanol–water partition coefficient (Wildman–Crippen LogP) is 6.64. The van der Waals surface area contributed by atoms with Crippen LogP contribution in [0.3, 0.4) is 0 Å². The lowest BCUT2D eigenvalue weighted by atomic mass is 10.1. The van der Waals surface area contributed by atoms with Gasteiger partial charge in [-0.3, -0.25) is 30.3 Å². The second kappa shape index (κ2) is 10.2. The van der Waals surface area contributed by atoms with Crippen LogP contribution in [-0.2, 0) is 0 Å². The van der Waals surface area contributed by atoms with Crippen molar-refractivity contribution in [2.45, 2.75) is 0 Å². The molecular weight excluding hydrogens is 468 g/mol. The third-order valence-electron chi connectivity index (χ3n) is 5.13. The fourth-order valence-corrected chi connectivity index (χ4v) is 3.35. The van der Waals surface area contributed by atoms with Crippen molar-refractivity contribution in [3.63, 3.8) is 0 Å². The highest BCUT2D eigenvalue weighted by molar-refractivity contribution is 5.90. The Labute approximate surface area is 203 Å². The number of hydrogen-bond acceptors (Lipinski definition) is 9. The van der Waals surface area contributed by atoms with Gasteiger partial charge >= 0.3 is 0 Å². The predicted molar refractivity (Wildman–Crippen MR) is 136 cm³/mol. The number of nitrogens with zero attached hydrogens (tertiary/aromatic N) is 3. The normalized spacial score (nSPS) is 10.3. The molecule has 0 aliphatic rings. The van der Waals surface area contributed by atoms with E-state index in [0.717, 1.165) is 0 Å². The molecule has 0 heterocycles. The molecule has 0 aliphatic carbocycles. The van der Waals surface area contributed by atoms with Gasteiger partial charge < -0.3 is 16.0 Å². The topological polar surface area (TPSA) is 166 Å². The van der Waals surface area contributed by atoms with Crippen LogP contribution in [0.2, 0.25) is 0 Å². The maximum absolute atomic E-state index is 11.0. The highest BCUT2D eigenvalue weighted by Gasteiger charge is 2.13. The maximum atomic E-state index is 11.0. The smallest absolute Gasteiger partial charge is 0.269 e. The minimum Gasteiger partial charge on any atom is -0.354 e. The fraction of sp³-hybridized carbons (Fsp3) is 0.